The smallest absolute Gasteiger partial charge is 0.231 e. The van der Waals surface area contributed by atoms with Gasteiger partial charge < -0.3 is 24.8 Å². The molecule has 1 aromatic carbocycles. The maximum absolute atomic E-state index is 12.9. The van der Waals surface area contributed by atoms with Gasteiger partial charge >= 0.3 is 0 Å². The summed E-state index contributed by atoms with van der Waals surface area (Å²) < 4.78 is 12.6. The molecule has 2 aromatic rings. The molecule has 3 N–H and O–H groups in total. The summed E-state index contributed by atoms with van der Waals surface area (Å²) in [6.07, 6.45) is 4.60. The molecule has 1 amide bonds. The number of aliphatic hydroxyl groups excluding tert-OH is 1. The van der Waals surface area contributed by atoms with Crippen LogP contribution in [0.15, 0.2) is 24.4 Å². The van der Waals surface area contributed by atoms with Gasteiger partial charge in [0.2, 0.25) is 12.7 Å². The van der Waals surface area contributed by atoms with E-state index in [0.29, 0.717) is 24.9 Å². The van der Waals surface area contributed by atoms with E-state index in [1.807, 2.05) is 29.1 Å². The number of benzene rings is 1. The van der Waals surface area contributed by atoms with E-state index in [4.69, 9.17) is 14.6 Å². The van der Waals surface area contributed by atoms with Gasteiger partial charge in [-0.3, -0.25) is 4.79 Å². The van der Waals surface area contributed by atoms with E-state index in [9.17, 15) is 4.79 Å². The predicted octanol–water partition coefficient (Wildman–Crippen LogP) is -0.849. The summed E-state index contributed by atoms with van der Waals surface area (Å²) in [5, 5.41) is 20.5. The van der Waals surface area contributed by atoms with Crippen LogP contribution in [0.25, 0.3) is 0 Å². The Hall–Kier alpha value is -2.65. The molecular weight excluding hydrogens is 386 g/mol. The number of quaternary nitrogens is 1. The first-order chi connectivity index (χ1) is 14.7. The highest BCUT2D eigenvalue weighted by Crippen LogP contribution is 2.32. The molecule has 4 aliphatic rings. The lowest BCUT2D eigenvalue weighted by molar-refractivity contribution is -0.945. The van der Waals surface area contributed by atoms with Gasteiger partial charge in [-0.2, -0.15) is 0 Å². The highest BCUT2D eigenvalue weighted by Gasteiger charge is 2.46. The number of fused-ring (bicyclic) bond motifs is 4. The van der Waals surface area contributed by atoms with Gasteiger partial charge in [0.1, 0.15) is 6.04 Å². The lowest BCUT2D eigenvalue weighted by atomic mass is 9.75. The van der Waals surface area contributed by atoms with E-state index in [2.05, 4.69) is 15.6 Å². The molecule has 160 valence electrons. The summed E-state index contributed by atoms with van der Waals surface area (Å²) in [7, 11) is 0. The van der Waals surface area contributed by atoms with E-state index in [1.165, 1.54) is 4.90 Å². The minimum Gasteiger partial charge on any atom is -0.454 e. The first-order valence-electron chi connectivity index (χ1n) is 10.7. The van der Waals surface area contributed by atoms with Crippen molar-refractivity contribution in [3.8, 4) is 11.5 Å². The van der Waals surface area contributed by atoms with Crippen molar-refractivity contribution < 1.29 is 24.3 Å². The number of ether oxygens (including phenoxy) is 2. The van der Waals surface area contributed by atoms with Gasteiger partial charge in [-0.1, -0.05) is 11.3 Å². The molecule has 4 aliphatic heterocycles. The zero-order valence-corrected chi connectivity index (χ0v) is 16.9. The molecular formula is C21H28N5O4+. The predicted molar refractivity (Wildman–Crippen MR) is 106 cm³/mol. The quantitative estimate of drug-likeness (QED) is 0.546. The fourth-order valence-corrected chi connectivity index (χ4v) is 5.07. The second-order valence-corrected chi connectivity index (χ2v) is 8.51. The first kappa shape index (κ1) is 19.3. The van der Waals surface area contributed by atoms with E-state index < -0.39 is 0 Å². The van der Waals surface area contributed by atoms with Crippen molar-refractivity contribution in [2.75, 3.05) is 26.5 Å². The van der Waals surface area contributed by atoms with Crippen LogP contribution >= 0.6 is 0 Å². The Labute approximate surface area is 175 Å². The van der Waals surface area contributed by atoms with Crippen molar-refractivity contribution in [2.24, 2.45) is 11.8 Å². The second kappa shape index (κ2) is 8.23. The number of amides is 1. The van der Waals surface area contributed by atoms with Gasteiger partial charge in [-0.15, -0.1) is 5.10 Å². The fraction of sp³-hybridized carbons (Fsp3) is 0.571. The third-order valence-corrected chi connectivity index (χ3v) is 6.65. The number of hydrogen-bond acceptors (Lipinski definition) is 6. The van der Waals surface area contributed by atoms with Crippen molar-refractivity contribution >= 4 is 5.91 Å². The van der Waals surface area contributed by atoms with Crippen LogP contribution < -0.4 is 19.7 Å². The van der Waals surface area contributed by atoms with Crippen LogP contribution in [-0.2, 0) is 24.3 Å². The molecule has 5 heterocycles. The standard InChI is InChI=1S/C21H27N5O4/c27-6-4-16-10-26(24-23-16)11-17-8-15-3-5-25(17)12-18(15)21(28)22-9-14-1-2-19-20(7-14)30-13-29-19/h1-2,7,10,15,17-18,27H,3-6,8-9,11-13H2,(H,22,28)/p+1/t15-,17-,18+/m1/s1. The Kier molecular flexibility index (Phi) is 5.30. The lowest BCUT2D eigenvalue weighted by Gasteiger charge is -2.46. The zero-order chi connectivity index (χ0) is 20.5. The molecule has 1 unspecified atom stereocenters. The Balaban J connectivity index is 1.16. The Bertz CT molecular complexity index is 917. The van der Waals surface area contributed by atoms with E-state index in [-0.39, 0.29) is 25.2 Å². The highest BCUT2D eigenvalue weighted by molar-refractivity contribution is 5.79. The minimum atomic E-state index is 0.0692. The third-order valence-electron chi connectivity index (χ3n) is 6.65. The van der Waals surface area contributed by atoms with Crippen molar-refractivity contribution in [1.29, 1.82) is 0 Å². The SMILES string of the molecule is O=C(NCc1ccc2c(c1)OCO2)[C@H]1C[NH+]2CC[C@@H]1C[C@@H]2Cn1cc(CCO)nn1. The monoisotopic (exact) mass is 414 g/mol. The number of carbonyl (C=O) groups excluding carboxylic acids is 1. The maximum Gasteiger partial charge on any atom is 0.231 e. The largest absolute Gasteiger partial charge is 0.454 e. The van der Waals surface area contributed by atoms with Crippen LogP contribution in [0.5, 0.6) is 11.5 Å². The van der Waals surface area contributed by atoms with Crippen LogP contribution in [-0.4, -0.2) is 58.5 Å². The number of nitrogens with zero attached hydrogens (tertiary/aromatic N) is 3. The molecule has 0 saturated carbocycles. The Morgan fingerprint density at radius 3 is 3.07 bits per heavy atom. The van der Waals surface area contributed by atoms with Gasteiger partial charge in [0, 0.05) is 38.6 Å². The lowest BCUT2D eigenvalue weighted by Crippen LogP contribution is -3.20. The minimum absolute atomic E-state index is 0.0692. The summed E-state index contributed by atoms with van der Waals surface area (Å²) in [6, 6.07) is 6.26. The zero-order valence-electron chi connectivity index (χ0n) is 16.9. The molecule has 2 bridgehead atoms. The highest BCUT2D eigenvalue weighted by atomic mass is 16.7. The fourth-order valence-electron chi connectivity index (χ4n) is 5.07. The third kappa shape index (κ3) is 3.87. The van der Waals surface area contributed by atoms with Gasteiger partial charge in [0.15, 0.2) is 11.5 Å². The topological polar surface area (TPSA) is 103 Å². The average molecular weight is 414 g/mol. The van der Waals surface area contributed by atoms with Crippen molar-refractivity contribution in [3.05, 3.63) is 35.7 Å². The number of rotatable bonds is 7. The van der Waals surface area contributed by atoms with Crippen LogP contribution in [0.4, 0.5) is 0 Å². The van der Waals surface area contributed by atoms with Crippen molar-refractivity contribution in [1.82, 2.24) is 20.3 Å². The molecule has 1 aromatic heterocycles. The van der Waals surface area contributed by atoms with Gasteiger partial charge in [-0.05, 0) is 23.6 Å². The van der Waals surface area contributed by atoms with Gasteiger partial charge in [-0.25, -0.2) is 4.68 Å². The average Bonchev–Trinajstić information content (AvgIpc) is 3.41. The number of aliphatic hydroxyl groups is 1. The summed E-state index contributed by atoms with van der Waals surface area (Å²) in [6.45, 7) is 3.65. The molecule has 6 rings (SSSR count). The summed E-state index contributed by atoms with van der Waals surface area (Å²) in [5.74, 6) is 2.14. The van der Waals surface area contributed by atoms with E-state index in [1.54, 1.807) is 0 Å². The summed E-state index contributed by atoms with van der Waals surface area (Å²) in [5.41, 5.74) is 1.84. The molecule has 0 aliphatic carbocycles. The molecule has 9 heteroatoms. The van der Waals surface area contributed by atoms with Crippen molar-refractivity contribution in [2.45, 2.75) is 38.4 Å². The molecule has 30 heavy (non-hydrogen) atoms. The molecule has 4 atom stereocenters. The molecule has 0 radical (unpaired) electrons. The number of piperidine rings is 3. The maximum atomic E-state index is 12.9. The van der Waals surface area contributed by atoms with Crippen LogP contribution in [0.3, 0.4) is 0 Å². The Morgan fingerprint density at radius 2 is 2.23 bits per heavy atom. The number of aromatic nitrogens is 3. The molecule has 3 fully saturated rings. The number of nitrogens with one attached hydrogen (secondary N) is 2. The first-order valence-corrected chi connectivity index (χ1v) is 10.7. The molecule has 3 saturated heterocycles. The van der Waals surface area contributed by atoms with Crippen molar-refractivity contribution in [3.63, 3.8) is 0 Å². The van der Waals surface area contributed by atoms with E-state index in [0.717, 1.165) is 55.2 Å². The molecule has 9 nitrogen and oxygen atoms in total. The molecule has 0 spiro atoms. The van der Waals surface area contributed by atoms with Crippen LogP contribution in [0, 0.1) is 11.8 Å². The van der Waals surface area contributed by atoms with Gasteiger partial charge in [0.25, 0.3) is 0 Å². The number of hydrogen-bond donors (Lipinski definition) is 3. The normalized spacial score (nSPS) is 26.7. The van der Waals surface area contributed by atoms with Gasteiger partial charge in [0.05, 0.1) is 31.2 Å². The second-order valence-electron chi connectivity index (χ2n) is 8.51. The Morgan fingerprint density at radius 1 is 1.33 bits per heavy atom. The number of carbonyl (C=O) groups is 1. The summed E-state index contributed by atoms with van der Waals surface area (Å²) in [4.78, 5) is 14.4. The van der Waals surface area contributed by atoms with E-state index >= 15 is 0 Å². The summed E-state index contributed by atoms with van der Waals surface area (Å²) >= 11 is 0. The van der Waals surface area contributed by atoms with Crippen LogP contribution in [0.2, 0.25) is 0 Å². The van der Waals surface area contributed by atoms with Crippen LogP contribution in [0.1, 0.15) is 24.1 Å².